The monoisotopic (exact) mass is 177 g/mol. The molecule has 0 atom stereocenters. The topological polar surface area (TPSA) is 119 Å². The van der Waals surface area contributed by atoms with Gasteiger partial charge in [-0.25, -0.2) is 9.97 Å². The second-order valence-electron chi connectivity index (χ2n) is 2.35. The van der Waals surface area contributed by atoms with Crippen molar-refractivity contribution in [2.24, 2.45) is 10.9 Å². The number of nitrogens with two attached hydrogens (primary N) is 2. The summed E-state index contributed by atoms with van der Waals surface area (Å²) >= 11 is 0. The van der Waals surface area contributed by atoms with Crippen LogP contribution in [0.5, 0.6) is 0 Å². The SMILES string of the molecule is NN=Cc1nc(N)nc2nc[nH]c12. The molecule has 2 rings (SSSR count). The number of nitrogen functional groups attached to an aromatic ring is 1. The van der Waals surface area contributed by atoms with E-state index in [9.17, 15) is 0 Å². The lowest BCUT2D eigenvalue weighted by atomic mass is 10.4. The molecule has 2 heterocycles. The number of hydrogen-bond acceptors (Lipinski definition) is 6. The van der Waals surface area contributed by atoms with Crippen LogP contribution < -0.4 is 11.6 Å². The summed E-state index contributed by atoms with van der Waals surface area (Å²) in [7, 11) is 0. The smallest absolute Gasteiger partial charge is 0.222 e. The molecule has 66 valence electrons. The Morgan fingerprint density at radius 3 is 3.08 bits per heavy atom. The quantitative estimate of drug-likeness (QED) is 0.300. The van der Waals surface area contributed by atoms with Gasteiger partial charge in [-0.3, -0.25) is 0 Å². The van der Waals surface area contributed by atoms with Crippen molar-refractivity contribution in [3.8, 4) is 0 Å². The van der Waals surface area contributed by atoms with E-state index in [1.165, 1.54) is 12.5 Å². The van der Waals surface area contributed by atoms with Crippen molar-refractivity contribution < 1.29 is 0 Å². The molecule has 0 radical (unpaired) electrons. The number of aromatic nitrogens is 4. The highest BCUT2D eigenvalue weighted by molar-refractivity contribution is 5.92. The summed E-state index contributed by atoms with van der Waals surface area (Å²) in [6, 6.07) is 0. The molecule has 0 aromatic carbocycles. The number of H-pyrrole nitrogens is 1. The molecule has 0 spiro atoms. The molecule has 13 heavy (non-hydrogen) atoms. The molecular weight excluding hydrogens is 170 g/mol. The van der Waals surface area contributed by atoms with Crippen molar-refractivity contribution in [1.29, 1.82) is 0 Å². The van der Waals surface area contributed by atoms with Crippen LogP contribution >= 0.6 is 0 Å². The van der Waals surface area contributed by atoms with Gasteiger partial charge in [0.15, 0.2) is 5.65 Å². The van der Waals surface area contributed by atoms with Gasteiger partial charge in [-0.15, -0.1) is 0 Å². The van der Waals surface area contributed by atoms with Gasteiger partial charge in [0.2, 0.25) is 5.95 Å². The van der Waals surface area contributed by atoms with Crippen LogP contribution in [0.1, 0.15) is 5.69 Å². The van der Waals surface area contributed by atoms with Gasteiger partial charge < -0.3 is 16.6 Å². The molecule has 0 saturated carbocycles. The zero-order valence-electron chi connectivity index (χ0n) is 6.60. The van der Waals surface area contributed by atoms with Gasteiger partial charge in [0.25, 0.3) is 0 Å². The fourth-order valence-electron chi connectivity index (χ4n) is 1.04. The molecule has 0 bridgehead atoms. The summed E-state index contributed by atoms with van der Waals surface area (Å²) in [4.78, 5) is 14.6. The van der Waals surface area contributed by atoms with Crippen molar-refractivity contribution >= 4 is 23.3 Å². The third-order valence-corrected chi connectivity index (χ3v) is 1.53. The molecule has 0 fully saturated rings. The minimum atomic E-state index is 0.148. The molecule has 7 nitrogen and oxygen atoms in total. The van der Waals surface area contributed by atoms with Crippen molar-refractivity contribution in [1.82, 2.24) is 19.9 Å². The van der Waals surface area contributed by atoms with E-state index in [0.29, 0.717) is 16.9 Å². The van der Waals surface area contributed by atoms with E-state index in [2.05, 4.69) is 25.0 Å². The predicted octanol–water partition coefficient (Wildman–Crippen LogP) is -0.772. The van der Waals surface area contributed by atoms with E-state index in [1.807, 2.05) is 0 Å². The first-order valence-electron chi connectivity index (χ1n) is 3.51. The van der Waals surface area contributed by atoms with Crippen LogP contribution in [-0.2, 0) is 0 Å². The first kappa shape index (κ1) is 7.47. The average molecular weight is 177 g/mol. The van der Waals surface area contributed by atoms with Gasteiger partial charge in [-0.05, 0) is 0 Å². The first-order valence-corrected chi connectivity index (χ1v) is 3.51. The normalized spacial score (nSPS) is 11.4. The van der Waals surface area contributed by atoms with Crippen molar-refractivity contribution in [2.75, 3.05) is 5.73 Å². The lowest BCUT2D eigenvalue weighted by Crippen LogP contribution is -2.00. The van der Waals surface area contributed by atoms with E-state index in [-0.39, 0.29) is 5.95 Å². The number of aromatic amines is 1. The second-order valence-corrected chi connectivity index (χ2v) is 2.35. The highest BCUT2D eigenvalue weighted by Gasteiger charge is 2.05. The number of nitrogens with one attached hydrogen (secondary N) is 1. The van der Waals surface area contributed by atoms with E-state index in [0.717, 1.165) is 0 Å². The Morgan fingerprint density at radius 1 is 1.46 bits per heavy atom. The molecule has 0 saturated heterocycles. The van der Waals surface area contributed by atoms with Crippen LogP contribution in [0, 0.1) is 0 Å². The number of fused-ring (bicyclic) bond motifs is 1. The Morgan fingerprint density at radius 2 is 2.31 bits per heavy atom. The highest BCUT2D eigenvalue weighted by Crippen LogP contribution is 2.09. The maximum Gasteiger partial charge on any atom is 0.222 e. The van der Waals surface area contributed by atoms with Gasteiger partial charge in [-0.2, -0.15) is 10.1 Å². The Labute approximate surface area is 72.9 Å². The number of rotatable bonds is 1. The summed E-state index contributed by atoms with van der Waals surface area (Å²) in [5.74, 6) is 5.15. The molecule has 0 aliphatic carbocycles. The molecule has 0 aliphatic heterocycles. The molecular formula is C6H7N7. The predicted molar refractivity (Wildman–Crippen MR) is 47.9 cm³/mol. The third kappa shape index (κ3) is 1.15. The molecule has 7 heteroatoms. The lowest BCUT2D eigenvalue weighted by molar-refractivity contribution is 1.19. The van der Waals surface area contributed by atoms with Crippen LogP contribution in [0.25, 0.3) is 11.2 Å². The van der Waals surface area contributed by atoms with Gasteiger partial charge in [0.05, 0.1) is 12.5 Å². The summed E-state index contributed by atoms with van der Waals surface area (Å²) in [5, 5.41) is 3.36. The average Bonchev–Trinajstić information content (AvgIpc) is 2.52. The minimum absolute atomic E-state index is 0.148. The van der Waals surface area contributed by atoms with E-state index in [4.69, 9.17) is 11.6 Å². The van der Waals surface area contributed by atoms with Gasteiger partial charge in [0.1, 0.15) is 11.2 Å². The molecule has 0 unspecified atom stereocenters. The Hall–Kier alpha value is -2.18. The number of hydrazone groups is 1. The number of imidazole rings is 1. The number of hydrogen-bond donors (Lipinski definition) is 3. The number of nitrogens with zero attached hydrogens (tertiary/aromatic N) is 4. The standard InChI is InChI=1S/C6H7N7/c7-6-12-3(1-11-8)4-5(13-6)10-2-9-4/h1-2H,8H2,(H3,7,9,10,12,13). The van der Waals surface area contributed by atoms with Crippen LogP contribution in [0.3, 0.4) is 0 Å². The van der Waals surface area contributed by atoms with Crippen molar-refractivity contribution in [3.63, 3.8) is 0 Å². The minimum Gasteiger partial charge on any atom is -0.368 e. The molecule has 5 N–H and O–H groups in total. The molecule has 2 aromatic rings. The summed E-state index contributed by atoms with van der Waals surface area (Å²) < 4.78 is 0. The third-order valence-electron chi connectivity index (χ3n) is 1.53. The van der Waals surface area contributed by atoms with E-state index < -0.39 is 0 Å². The molecule has 2 aromatic heterocycles. The summed E-state index contributed by atoms with van der Waals surface area (Å²) in [6.45, 7) is 0. The van der Waals surface area contributed by atoms with Gasteiger partial charge >= 0.3 is 0 Å². The fourth-order valence-corrected chi connectivity index (χ4v) is 1.04. The van der Waals surface area contributed by atoms with Crippen LogP contribution in [-0.4, -0.2) is 26.2 Å². The van der Waals surface area contributed by atoms with E-state index >= 15 is 0 Å². The van der Waals surface area contributed by atoms with Gasteiger partial charge in [-0.1, -0.05) is 0 Å². The Bertz CT molecular complexity index is 457. The molecule has 0 amide bonds. The summed E-state index contributed by atoms with van der Waals surface area (Å²) in [6.07, 6.45) is 2.89. The van der Waals surface area contributed by atoms with Crippen LogP contribution in [0.15, 0.2) is 11.4 Å². The maximum absolute atomic E-state index is 5.44. The van der Waals surface area contributed by atoms with Crippen molar-refractivity contribution in [3.05, 3.63) is 12.0 Å². The van der Waals surface area contributed by atoms with E-state index in [1.54, 1.807) is 0 Å². The van der Waals surface area contributed by atoms with Crippen LogP contribution in [0.2, 0.25) is 0 Å². The Kier molecular flexibility index (Phi) is 1.55. The molecule has 0 aliphatic rings. The lowest BCUT2D eigenvalue weighted by Gasteiger charge is -1.95. The zero-order valence-corrected chi connectivity index (χ0v) is 6.60. The largest absolute Gasteiger partial charge is 0.368 e. The first-order chi connectivity index (χ1) is 6.31. The van der Waals surface area contributed by atoms with Gasteiger partial charge in [0, 0.05) is 0 Å². The number of anilines is 1. The van der Waals surface area contributed by atoms with Crippen LogP contribution in [0.4, 0.5) is 5.95 Å². The highest BCUT2D eigenvalue weighted by atomic mass is 15.1. The van der Waals surface area contributed by atoms with Crippen molar-refractivity contribution in [2.45, 2.75) is 0 Å². The fraction of sp³-hybridized carbons (Fsp3) is 0. The summed E-state index contributed by atoms with van der Waals surface area (Å²) in [5.41, 5.74) is 7.14. The maximum atomic E-state index is 5.44. The second kappa shape index (κ2) is 2.70. The Balaban J connectivity index is 2.77. The zero-order chi connectivity index (χ0) is 9.26.